The number of hydrogen-bond acceptors (Lipinski definition) is 1. The van der Waals surface area contributed by atoms with E-state index in [1.54, 1.807) is 0 Å². The molecule has 1 nitrogen and oxygen atoms in total. The molecule has 0 fully saturated rings. The second-order valence-electron chi connectivity index (χ2n) is 3.46. The van der Waals surface area contributed by atoms with Crippen LogP contribution in [0.5, 0.6) is 0 Å². The van der Waals surface area contributed by atoms with Gasteiger partial charge in [-0.25, -0.2) is 0 Å². The van der Waals surface area contributed by atoms with Crippen molar-refractivity contribution in [2.75, 3.05) is 0 Å². The fraction of sp³-hybridized carbons (Fsp3) is 0.818. The predicted octanol–water partition coefficient (Wildman–Crippen LogP) is 3.28. The summed E-state index contributed by atoms with van der Waals surface area (Å²) in [6, 6.07) is 0. The highest BCUT2D eigenvalue weighted by molar-refractivity contribution is 4.94. The monoisotopic (exact) mass is 170 g/mol. The first kappa shape index (κ1) is 11.7. The minimum Gasteiger partial charge on any atom is -0.393 e. The van der Waals surface area contributed by atoms with Gasteiger partial charge >= 0.3 is 0 Å². The van der Waals surface area contributed by atoms with Gasteiger partial charge in [-0.15, -0.1) is 0 Å². The first-order valence-corrected chi connectivity index (χ1v) is 5.05. The molecule has 0 amide bonds. The molecular weight excluding hydrogens is 148 g/mol. The molecule has 0 aromatic heterocycles. The molecular formula is C11H22O. The highest BCUT2D eigenvalue weighted by Crippen LogP contribution is 2.12. The molecule has 0 radical (unpaired) electrons. The van der Waals surface area contributed by atoms with Gasteiger partial charge in [0.15, 0.2) is 0 Å². The van der Waals surface area contributed by atoms with E-state index in [1.807, 2.05) is 0 Å². The summed E-state index contributed by atoms with van der Waals surface area (Å²) in [6.45, 7) is 8.14. The summed E-state index contributed by atoms with van der Waals surface area (Å²) < 4.78 is 0. The smallest absolute Gasteiger partial charge is 0.0577 e. The van der Waals surface area contributed by atoms with Crippen LogP contribution in [0.3, 0.4) is 0 Å². The van der Waals surface area contributed by atoms with Gasteiger partial charge in [0.25, 0.3) is 0 Å². The number of unbranched alkanes of at least 4 members (excludes halogenated alkanes) is 2. The first-order valence-electron chi connectivity index (χ1n) is 5.05. The van der Waals surface area contributed by atoms with Crippen molar-refractivity contribution < 1.29 is 5.11 Å². The lowest BCUT2D eigenvalue weighted by molar-refractivity contribution is 0.160. The SMILES string of the molecule is C=C(CC)C[C@H](O)CCCCC. The fourth-order valence-electron chi connectivity index (χ4n) is 1.21. The molecule has 1 atom stereocenters. The lowest BCUT2D eigenvalue weighted by atomic mass is 10.0. The van der Waals surface area contributed by atoms with E-state index < -0.39 is 0 Å². The zero-order valence-corrected chi connectivity index (χ0v) is 8.47. The lowest BCUT2D eigenvalue weighted by Crippen LogP contribution is -2.06. The Morgan fingerprint density at radius 1 is 1.33 bits per heavy atom. The zero-order valence-electron chi connectivity index (χ0n) is 8.47. The van der Waals surface area contributed by atoms with Crippen LogP contribution in [0.1, 0.15) is 52.4 Å². The molecule has 0 bridgehead atoms. The van der Waals surface area contributed by atoms with Crippen LogP contribution in [0.4, 0.5) is 0 Å². The molecule has 0 aromatic rings. The second kappa shape index (κ2) is 7.35. The van der Waals surface area contributed by atoms with Gasteiger partial charge in [-0.1, -0.05) is 45.3 Å². The molecule has 1 heteroatoms. The first-order chi connectivity index (χ1) is 5.70. The number of aliphatic hydroxyl groups excluding tert-OH is 1. The van der Waals surface area contributed by atoms with Gasteiger partial charge in [0, 0.05) is 0 Å². The number of aliphatic hydroxyl groups is 1. The molecule has 0 aromatic carbocycles. The van der Waals surface area contributed by atoms with Crippen LogP contribution >= 0.6 is 0 Å². The largest absolute Gasteiger partial charge is 0.393 e. The van der Waals surface area contributed by atoms with Gasteiger partial charge in [-0.05, 0) is 19.3 Å². The summed E-state index contributed by atoms with van der Waals surface area (Å²) in [5.74, 6) is 0. The predicted molar refractivity (Wildman–Crippen MR) is 54.2 cm³/mol. The molecule has 0 aliphatic carbocycles. The Bertz CT molecular complexity index is 118. The van der Waals surface area contributed by atoms with Crippen molar-refractivity contribution in [2.45, 2.75) is 58.5 Å². The summed E-state index contributed by atoms with van der Waals surface area (Å²) in [5.41, 5.74) is 1.17. The molecule has 0 rings (SSSR count). The summed E-state index contributed by atoms with van der Waals surface area (Å²) in [7, 11) is 0. The van der Waals surface area contributed by atoms with Crippen LogP contribution in [-0.2, 0) is 0 Å². The van der Waals surface area contributed by atoms with Crippen molar-refractivity contribution in [1.29, 1.82) is 0 Å². The van der Waals surface area contributed by atoms with Gasteiger partial charge in [-0.3, -0.25) is 0 Å². The average Bonchev–Trinajstić information content (AvgIpc) is 2.05. The topological polar surface area (TPSA) is 20.2 Å². The van der Waals surface area contributed by atoms with Gasteiger partial charge in [-0.2, -0.15) is 0 Å². The van der Waals surface area contributed by atoms with Crippen LogP contribution in [0, 0.1) is 0 Å². The lowest BCUT2D eigenvalue weighted by Gasteiger charge is -2.10. The van der Waals surface area contributed by atoms with Gasteiger partial charge in [0.2, 0.25) is 0 Å². The summed E-state index contributed by atoms with van der Waals surface area (Å²) in [4.78, 5) is 0. The third kappa shape index (κ3) is 6.41. The van der Waals surface area contributed by atoms with Crippen LogP contribution < -0.4 is 0 Å². The van der Waals surface area contributed by atoms with Crippen molar-refractivity contribution in [3.63, 3.8) is 0 Å². The van der Waals surface area contributed by atoms with E-state index in [2.05, 4.69) is 20.4 Å². The standard InChI is InChI=1S/C11H22O/c1-4-6-7-8-11(12)9-10(3)5-2/h11-12H,3-9H2,1-2H3/t11-/m1/s1. The van der Waals surface area contributed by atoms with E-state index in [-0.39, 0.29) is 6.10 Å². The van der Waals surface area contributed by atoms with Crippen molar-refractivity contribution >= 4 is 0 Å². The van der Waals surface area contributed by atoms with Crippen molar-refractivity contribution in [2.24, 2.45) is 0 Å². The van der Waals surface area contributed by atoms with Crippen LogP contribution in [0.25, 0.3) is 0 Å². The Hall–Kier alpha value is -0.300. The van der Waals surface area contributed by atoms with Crippen LogP contribution in [0.15, 0.2) is 12.2 Å². The quantitative estimate of drug-likeness (QED) is 0.459. The fourth-order valence-corrected chi connectivity index (χ4v) is 1.21. The molecule has 1 N–H and O–H groups in total. The number of rotatable bonds is 7. The molecule has 0 spiro atoms. The third-order valence-electron chi connectivity index (χ3n) is 2.17. The Balaban J connectivity index is 3.32. The molecule has 0 unspecified atom stereocenters. The highest BCUT2D eigenvalue weighted by atomic mass is 16.3. The maximum Gasteiger partial charge on any atom is 0.0577 e. The van der Waals surface area contributed by atoms with E-state index in [1.165, 1.54) is 18.4 Å². The van der Waals surface area contributed by atoms with Gasteiger partial charge < -0.3 is 5.11 Å². The molecule has 0 aliphatic heterocycles. The molecule has 72 valence electrons. The summed E-state index contributed by atoms with van der Waals surface area (Å²) >= 11 is 0. The Kier molecular flexibility index (Phi) is 7.17. The zero-order chi connectivity index (χ0) is 9.40. The maximum absolute atomic E-state index is 9.52. The van der Waals surface area contributed by atoms with Crippen molar-refractivity contribution in [1.82, 2.24) is 0 Å². The van der Waals surface area contributed by atoms with Crippen LogP contribution in [0.2, 0.25) is 0 Å². The van der Waals surface area contributed by atoms with Crippen molar-refractivity contribution in [3.05, 3.63) is 12.2 Å². The molecule has 0 aliphatic rings. The normalized spacial score (nSPS) is 12.9. The average molecular weight is 170 g/mol. The molecule has 12 heavy (non-hydrogen) atoms. The Morgan fingerprint density at radius 2 is 2.00 bits per heavy atom. The molecule has 0 heterocycles. The van der Waals surface area contributed by atoms with E-state index in [4.69, 9.17) is 0 Å². The minimum atomic E-state index is -0.149. The molecule has 0 saturated carbocycles. The van der Waals surface area contributed by atoms with E-state index in [0.29, 0.717) is 0 Å². The van der Waals surface area contributed by atoms with Gasteiger partial charge in [0.1, 0.15) is 0 Å². The third-order valence-corrected chi connectivity index (χ3v) is 2.17. The highest BCUT2D eigenvalue weighted by Gasteiger charge is 2.04. The van der Waals surface area contributed by atoms with Gasteiger partial charge in [0.05, 0.1) is 6.10 Å². The minimum absolute atomic E-state index is 0.149. The maximum atomic E-state index is 9.52. The number of hydrogen-bond donors (Lipinski definition) is 1. The summed E-state index contributed by atoms with van der Waals surface area (Å²) in [5, 5.41) is 9.52. The summed E-state index contributed by atoms with van der Waals surface area (Å²) in [6.07, 6.45) is 6.17. The van der Waals surface area contributed by atoms with Crippen molar-refractivity contribution in [3.8, 4) is 0 Å². The van der Waals surface area contributed by atoms with E-state index in [0.717, 1.165) is 25.7 Å². The second-order valence-corrected chi connectivity index (χ2v) is 3.46. The Morgan fingerprint density at radius 3 is 2.50 bits per heavy atom. The molecule has 0 saturated heterocycles. The Labute approximate surface area is 76.5 Å². The van der Waals surface area contributed by atoms with Crippen LogP contribution in [-0.4, -0.2) is 11.2 Å². The van der Waals surface area contributed by atoms with E-state index >= 15 is 0 Å². The van der Waals surface area contributed by atoms with E-state index in [9.17, 15) is 5.11 Å².